The summed E-state index contributed by atoms with van der Waals surface area (Å²) in [5.74, 6) is 0.312. The average Bonchev–Trinajstić information content (AvgIpc) is 3.45. The first-order valence-electron chi connectivity index (χ1n) is 10.4. The summed E-state index contributed by atoms with van der Waals surface area (Å²) in [5.41, 5.74) is 2.78. The second-order valence-corrected chi connectivity index (χ2v) is 9.68. The van der Waals surface area contributed by atoms with Crippen LogP contribution in [0.4, 0.5) is 5.69 Å². The Morgan fingerprint density at radius 3 is 2.84 bits per heavy atom. The van der Waals surface area contributed by atoms with Crippen LogP contribution in [-0.4, -0.2) is 41.8 Å². The number of fused-ring (bicyclic) bond motifs is 1. The lowest BCUT2D eigenvalue weighted by atomic mass is 10.1. The summed E-state index contributed by atoms with van der Waals surface area (Å²) in [7, 11) is 0. The lowest BCUT2D eigenvalue weighted by Crippen LogP contribution is -2.32. The van der Waals surface area contributed by atoms with Gasteiger partial charge in [0.15, 0.2) is 4.34 Å². The van der Waals surface area contributed by atoms with Crippen LogP contribution in [0, 0.1) is 0 Å². The Morgan fingerprint density at radius 2 is 2.03 bits per heavy atom. The summed E-state index contributed by atoms with van der Waals surface area (Å²) in [6.07, 6.45) is 3.38. The lowest BCUT2D eigenvalue weighted by Gasteiger charge is -2.09. The maximum atomic E-state index is 12.3. The third-order valence-corrected chi connectivity index (χ3v) is 7.17. The van der Waals surface area contributed by atoms with E-state index >= 15 is 0 Å². The molecule has 1 aliphatic heterocycles. The molecule has 1 aromatic heterocycles. The van der Waals surface area contributed by atoms with Gasteiger partial charge in [0, 0.05) is 25.3 Å². The third kappa shape index (κ3) is 6.53. The van der Waals surface area contributed by atoms with Gasteiger partial charge in [-0.2, -0.15) is 0 Å². The van der Waals surface area contributed by atoms with Gasteiger partial charge in [0.2, 0.25) is 11.8 Å². The number of amides is 2. The Bertz CT molecular complexity index is 1030. The first-order valence-corrected chi connectivity index (χ1v) is 12.2. The number of anilines is 1. The zero-order valence-corrected chi connectivity index (χ0v) is 18.8. The van der Waals surface area contributed by atoms with Crippen molar-refractivity contribution in [2.75, 3.05) is 24.2 Å². The minimum absolute atomic E-state index is 0.00822. The molecule has 8 heteroatoms. The molecule has 0 radical (unpaired) electrons. The fourth-order valence-corrected chi connectivity index (χ4v) is 5.32. The van der Waals surface area contributed by atoms with Crippen molar-refractivity contribution in [3.05, 3.63) is 54.1 Å². The normalized spacial score (nSPS) is 15.8. The molecule has 2 amide bonds. The molecule has 0 unspecified atom stereocenters. The molecule has 0 aliphatic carbocycles. The summed E-state index contributed by atoms with van der Waals surface area (Å²) in [5, 5.41) is 5.89. The summed E-state index contributed by atoms with van der Waals surface area (Å²) >= 11 is 2.96. The summed E-state index contributed by atoms with van der Waals surface area (Å²) in [6.45, 7) is 1.36. The fourth-order valence-electron chi connectivity index (χ4n) is 3.38. The average molecular weight is 456 g/mol. The fraction of sp³-hybridized carbons (Fsp3) is 0.348. The number of aryl methyl sites for hydroxylation is 1. The predicted molar refractivity (Wildman–Crippen MR) is 126 cm³/mol. The molecule has 1 fully saturated rings. The SMILES string of the molecule is O=C(CSc1nc2ccc(NC(=O)CCc3ccccc3)cc2s1)NC[C@@H]1CCCO1. The zero-order valence-electron chi connectivity index (χ0n) is 17.1. The van der Waals surface area contributed by atoms with E-state index in [4.69, 9.17) is 4.74 Å². The standard InChI is InChI=1S/C23H25N3O3S2/c27-21(11-8-16-5-2-1-3-6-16)25-17-9-10-19-20(13-17)31-23(26-19)30-15-22(28)24-14-18-7-4-12-29-18/h1-3,5-6,9-10,13,18H,4,7-8,11-12,14-15H2,(H,24,28)(H,25,27)/t18-/m0/s1. The van der Waals surface area contributed by atoms with E-state index in [1.165, 1.54) is 23.1 Å². The molecule has 1 atom stereocenters. The second kappa shape index (κ2) is 10.7. The number of nitrogens with one attached hydrogen (secondary N) is 2. The molecule has 31 heavy (non-hydrogen) atoms. The van der Waals surface area contributed by atoms with Crippen molar-refractivity contribution >= 4 is 50.8 Å². The van der Waals surface area contributed by atoms with Gasteiger partial charge < -0.3 is 15.4 Å². The highest BCUT2D eigenvalue weighted by Gasteiger charge is 2.16. The Kier molecular flexibility index (Phi) is 7.56. The van der Waals surface area contributed by atoms with Gasteiger partial charge in [-0.15, -0.1) is 11.3 Å². The summed E-state index contributed by atoms with van der Waals surface area (Å²) < 4.78 is 7.35. The second-order valence-electron chi connectivity index (χ2n) is 7.42. The van der Waals surface area contributed by atoms with Gasteiger partial charge in [-0.1, -0.05) is 42.1 Å². The van der Waals surface area contributed by atoms with Gasteiger partial charge in [0.25, 0.3) is 0 Å². The number of rotatable bonds is 9. The van der Waals surface area contributed by atoms with E-state index in [1.54, 1.807) is 0 Å². The Morgan fingerprint density at radius 1 is 1.16 bits per heavy atom. The third-order valence-electron chi connectivity index (χ3n) is 5.01. The van der Waals surface area contributed by atoms with E-state index in [2.05, 4.69) is 15.6 Å². The molecule has 1 aliphatic rings. The molecular formula is C23H25N3O3S2. The van der Waals surface area contributed by atoms with Crippen LogP contribution in [-0.2, 0) is 20.7 Å². The van der Waals surface area contributed by atoms with Crippen LogP contribution in [0.15, 0.2) is 52.9 Å². The molecule has 3 aromatic rings. The molecule has 4 rings (SSSR count). The van der Waals surface area contributed by atoms with Crippen LogP contribution in [0.25, 0.3) is 10.2 Å². The Hall–Kier alpha value is -2.42. The molecule has 0 bridgehead atoms. The van der Waals surface area contributed by atoms with Crippen molar-refractivity contribution < 1.29 is 14.3 Å². The van der Waals surface area contributed by atoms with Crippen LogP contribution in [0.1, 0.15) is 24.8 Å². The number of aromatic nitrogens is 1. The number of carbonyl (C=O) groups excluding carboxylic acids is 2. The molecule has 1 saturated heterocycles. The van der Waals surface area contributed by atoms with Gasteiger partial charge in [-0.05, 0) is 43.0 Å². The summed E-state index contributed by atoms with van der Waals surface area (Å²) in [4.78, 5) is 28.9. The quantitative estimate of drug-likeness (QED) is 0.472. The van der Waals surface area contributed by atoms with E-state index < -0.39 is 0 Å². The van der Waals surface area contributed by atoms with Crippen LogP contribution in [0.3, 0.4) is 0 Å². The molecule has 162 valence electrons. The first-order chi connectivity index (χ1) is 15.2. The minimum atomic E-state index is -0.00905. The number of hydrogen-bond donors (Lipinski definition) is 2. The van der Waals surface area contributed by atoms with Crippen LogP contribution < -0.4 is 10.6 Å². The van der Waals surface area contributed by atoms with Crippen molar-refractivity contribution in [1.29, 1.82) is 0 Å². The van der Waals surface area contributed by atoms with Gasteiger partial charge in [-0.3, -0.25) is 9.59 Å². The van der Waals surface area contributed by atoms with Crippen molar-refractivity contribution in [2.45, 2.75) is 36.1 Å². The molecule has 2 heterocycles. The van der Waals surface area contributed by atoms with Crippen LogP contribution in [0.5, 0.6) is 0 Å². The number of nitrogens with zero attached hydrogens (tertiary/aromatic N) is 1. The van der Waals surface area contributed by atoms with Crippen LogP contribution >= 0.6 is 23.1 Å². The number of benzene rings is 2. The maximum absolute atomic E-state index is 12.3. The van der Waals surface area contributed by atoms with Gasteiger partial charge in [0.05, 0.1) is 22.1 Å². The van der Waals surface area contributed by atoms with Crippen molar-refractivity contribution in [1.82, 2.24) is 10.3 Å². The minimum Gasteiger partial charge on any atom is -0.376 e. The highest BCUT2D eigenvalue weighted by Crippen LogP contribution is 2.31. The summed E-state index contributed by atoms with van der Waals surface area (Å²) in [6, 6.07) is 15.7. The molecule has 0 saturated carbocycles. The number of carbonyl (C=O) groups is 2. The van der Waals surface area contributed by atoms with E-state index in [1.807, 2.05) is 48.5 Å². The lowest BCUT2D eigenvalue weighted by molar-refractivity contribution is -0.119. The van der Waals surface area contributed by atoms with E-state index in [9.17, 15) is 9.59 Å². The number of thiazole rings is 1. The number of hydrogen-bond acceptors (Lipinski definition) is 6. The smallest absolute Gasteiger partial charge is 0.230 e. The van der Waals surface area contributed by atoms with Gasteiger partial charge in [0.1, 0.15) is 0 Å². The molecule has 6 nitrogen and oxygen atoms in total. The van der Waals surface area contributed by atoms with Crippen molar-refractivity contribution in [2.24, 2.45) is 0 Å². The van der Waals surface area contributed by atoms with E-state index in [-0.39, 0.29) is 17.9 Å². The van der Waals surface area contributed by atoms with Crippen molar-refractivity contribution in [3.63, 3.8) is 0 Å². The monoisotopic (exact) mass is 455 g/mol. The highest BCUT2D eigenvalue weighted by molar-refractivity contribution is 8.01. The van der Waals surface area contributed by atoms with E-state index in [0.29, 0.717) is 25.1 Å². The molecule has 2 N–H and O–H groups in total. The first kappa shape index (κ1) is 21.8. The van der Waals surface area contributed by atoms with Crippen LogP contribution in [0.2, 0.25) is 0 Å². The topological polar surface area (TPSA) is 80.3 Å². The van der Waals surface area contributed by atoms with Gasteiger partial charge in [-0.25, -0.2) is 4.98 Å². The highest BCUT2D eigenvalue weighted by atomic mass is 32.2. The van der Waals surface area contributed by atoms with Crippen molar-refractivity contribution in [3.8, 4) is 0 Å². The number of thioether (sulfide) groups is 1. The zero-order chi connectivity index (χ0) is 21.5. The maximum Gasteiger partial charge on any atom is 0.230 e. The molecule has 2 aromatic carbocycles. The Balaban J connectivity index is 1.26. The largest absolute Gasteiger partial charge is 0.376 e. The molecule has 0 spiro atoms. The van der Waals surface area contributed by atoms with Gasteiger partial charge >= 0.3 is 0 Å². The predicted octanol–water partition coefficient (Wildman–Crippen LogP) is 4.25. The number of ether oxygens (including phenoxy) is 1. The molecular weight excluding hydrogens is 430 g/mol. The van der Waals surface area contributed by atoms with E-state index in [0.717, 1.165) is 45.3 Å². The Labute approximate surface area is 189 Å².